The lowest BCUT2D eigenvalue weighted by molar-refractivity contribution is -0.135. The summed E-state index contributed by atoms with van der Waals surface area (Å²) in [6.07, 6.45) is 1.42. The molecular formula is C15H14ClFN2O2S. The first-order valence-corrected chi connectivity index (χ1v) is 7.63. The van der Waals surface area contributed by atoms with E-state index < -0.39 is 0 Å². The average molecular weight is 341 g/mol. The third kappa shape index (κ3) is 5.13. The zero-order valence-electron chi connectivity index (χ0n) is 11.8. The first kappa shape index (κ1) is 16.5. The number of rotatable bonds is 6. The zero-order chi connectivity index (χ0) is 15.9. The van der Waals surface area contributed by atoms with Gasteiger partial charge in [-0.15, -0.1) is 11.3 Å². The molecule has 0 aliphatic carbocycles. The van der Waals surface area contributed by atoms with Crippen molar-refractivity contribution in [3.05, 3.63) is 57.0 Å². The second-order valence-corrected chi connectivity index (χ2v) is 6.31. The van der Waals surface area contributed by atoms with Gasteiger partial charge in [0, 0.05) is 11.9 Å². The molecule has 1 aromatic heterocycles. The molecule has 0 saturated heterocycles. The molecule has 0 saturated carbocycles. The van der Waals surface area contributed by atoms with Gasteiger partial charge in [0.15, 0.2) is 6.61 Å². The van der Waals surface area contributed by atoms with E-state index in [1.807, 2.05) is 6.07 Å². The summed E-state index contributed by atoms with van der Waals surface area (Å²) >= 11 is 7.27. The molecule has 0 aliphatic heterocycles. The van der Waals surface area contributed by atoms with E-state index in [0.717, 1.165) is 4.88 Å². The number of thiophene rings is 1. The quantitative estimate of drug-likeness (QED) is 0.596. The predicted molar refractivity (Wildman–Crippen MR) is 85.7 cm³/mol. The van der Waals surface area contributed by atoms with E-state index in [1.165, 1.54) is 34.6 Å². The third-order valence-electron chi connectivity index (χ3n) is 2.78. The van der Waals surface area contributed by atoms with E-state index in [2.05, 4.69) is 5.16 Å². The van der Waals surface area contributed by atoms with Gasteiger partial charge in [-0.05, 0) is 29.8 Å². The third-order valence-corrected chi connectivity index (χ3v) is 4.00. The molecule has 22 heavy (non-hydrogen) atoms. The van der Waals surface area contributed by atoms with Crippen LogP contribution in [0.25, 0.3) is 0 Å². The second-order valence-electron chi connectivity index (χ2n) is 4.52. The first-order chi connectivity index (χ1) is 10.5. The Hall–Kier alpha value is -1.92. The second kappa shape index (κ2) is 7.91. The van der Waals surface area contributed by atoms with Crippen molar-refractivity contribution in [1.29, 1.82) is 0 Å². The number of hydrogen-bond donors (Lipinski definition) is 0. The lowest BCUT2D eigenvalue weighted by atomic mass is 10.2. The summed E-state index contributed by atoms with van der Waals surface area (Å²) in [5.41, 5.74) is 0.690. The van der Waals surface area contributed by atoms with Gasteiger partial charge in [0.05, 0.1) is 17.1 Å². The molecule has 1 aromatic carbocycles. The van der Waals surface area contributed by atoms with Crippen LogP contribution in [0.2, 0.25) is 4.34 Å². The monoisotopic (exact) mass is 340 g/mol. The van der Waals surface area contributed by atoms with Crippen molar-refractivity contribution in [1.82, 2.24) is 4.90 Å². The first-order valence-electron chi connectivity index (χ1n) is 6.43. The standard InChI is InChI=1S/C15H14ClFN2O2S/c1-19(9-13-6-7-14(16)22-13)15(20)10-21-18-8-11-2-4-12(17)5-3-11/h2-8H,9-10H2,1H3/b18-8+. The highest BCUT2D eigenvalue weighted by Crippen LogP contribution is 2.22. The fourth-order valence-corrected chi connectivity index (χ4v) is 2.75. The number of likely N-dealkylation sites (N-methyl/N-ethyl adjacent to an activating group) is 1. The molecule has 7 heteroatoms. The number of benzene rings is 1. The van der Waals surface area contributed by atoms with Gasteiger partial charge < -0.3 is 9.74 Å². The fraction of sp³-hybridized carbons (Fsp3) is 0.200. The molecule has 0 aliphatic rings. The van der Waals surface area contributed by atoms with Crippen LogP contribution in [-0.2, 0) is 16.2 Å². The lowest BCUT2D eigenvalue weighted by Crippen LogP contribution is -2.29. The van der Waals surface area contributed by atoms with Crippen molar-refractivity contribution < 1.29 is 14.0 Å². The van der Waals surface area contributed by atoms with Gasteiger partial charge in [0.2, 0.25) is 0 Å². The van der Waals surface area contributed by atoms with Crippen LogP contribution in [0.4, 0.5) is 4.39 Å². The van der Waals surface area contributed by atoms with Gasteiger partial charge in [-0.25, -0.2) is 4.39 Å². The highest BCUT2D eigenvalue weighted by atomic mass is 35.5. The van der Waals surface area contributed by atoms with Gasteiger partial charge in [-0.1, -0.05) is 28.9 Å². The van der Waals surface area contributed by atoms with E-state index in [0.29, 0.717) is 16.4 Å². The minimum atomic E-state index is -0.316. The molecule has 2 aromatic rings. The Morgan fingerprint density at radius 2 is 2.09 bits per heavy atom. The number of carbonyl (C=O) groups is 1. The molecular weight excluding hydrogens is 327 g/mol. The van der Waals surface area contributed by atoms with Crippen LogP contribution >= 0.6 is 22.9 Å². The highest BCUT2D eigenvalue weighted by molar-refractivity contribution is 7.16. The molecule has 1 heterocycles. The lowest BCUT2D eigenvalue weighted by Gasteiger charge is -2.14. The van der Waals surface area contributed by atoms with Gasteiger partial charge in [-0.3, -0.25) is 4.79 Å². The molecule has 116 valence electrons. The molecule has 0 unspecified atom stereocenters. The van der Waals surface area contributed by atoms with E-state index in [9.17, 15) is 9.18 Å². The van der Waals surface area contributed by atoms with Crippen molar-refractivity contribution in [2.75, 3.05) is 13.7 Å². The molecule has 4 nitrogen and oxygen atoms in total. The Morgan fingerprint density at radius 1 is 1.36 bits per heavy atom. The maximum Gasteiger partial charge on any atom is 0.263 e. The average Bonchev–Trinajstić information content (AvgIpc) is 2.90. The van der Waals surface area contributed by atoms with Crippen LogP contribution in [0.5, 0.6) is 0 Å². The van der Waals surface area contributed by atoms with E-state index in [4.69, 9.17) is 16.4 Å². The molecule has 0 fully saturated rings. The number of hydrogen-bond acceptors (Lipinski definition) is 4. The van der Waals surface area contributed by atoms with Crippen LogP contribution in [0.3, 0.4) is 0 Å². The maximum absolute atomic E-state index is 12.7. The maximum atomic E-state index is 12.7. The molecule has 2 rings (SSSR count). The zero-order valence-corrected chi connectivity index (χ0v) is 13.4. The minimum Gasteiger partial charge on any atom is -0.386 e. The van der Waals surface area contributed by atoms with Gasteiger partial charge >= 0.3 is 0 Å². The summed E-state index contributed by atoms with van der Waals surface area (Å²) in [6.45, 7) is 0.314. The molecule has 0 radical (unpaired) electrons. The number of carbonyl (C=O) groups excluding carboxylic acids is 1. The van der Waals surface area contributed by atoms with Crippen molar-refractivity contribution in [3.63, 3.8) is 0 Å². The Balaban J connectivity index is 1.76. The largest absolute Gasteiger partial charge is 0.386 e. The van der Waals surface area contributed by atoms with Crippen molar-refractivity contribution in [2.24, 2.45) is 5.16 Å². The number of amides is 1. The van der Waals surface area contributed by atoms with Crippen LogP contribution in [0, 0.1) is 5.82 Å². The SMILES string of the molecule is CN(Cc1ccc(Cl)s1)C(=O)CO/N=C/c1ccc(F)cc1. The summed E-state index contributed by atoms with van der Waals surface area (Å²) < 4.78 is 13.4. The van der Waals surface area contributed by atoms with E-state index in [1.54, 1.807) is 25.2 Å². The molecule has 1 amide bonds. The van der Waals surface area contributed by atoms with Crippen LogP contribution < -0.4 is 0 Å². The Morgan fingerprint density at radius 3 is 2.73 bits per heavy atom. The summed E-state index contributed by atoms with van der Waals surface area (Å²) in [4.78, 5) is 19.3. The normalized spacial score (nSPS) is 10.9. The minimum absolute atomic E-state index is 0.159. The molecule has 0 spiro atoms. The fourth-order valence-electron chi connectivity index (χ4n) is 1.61. The van der Waals surface area contributed by atoms with Crippen molar-refractivity contribution in [2.45, 2.75) is 6.54 Å². The predicted octanol–water partition coefficient (Wildman–Crippen LogP) is 3.55. The molecule has 0 bridgehead atoms. The smallest absolute Gasteiger partial charge is 0.263 e. The topological polar surface area (TPSA) is 41.9 Å². The van der Waals surface area contributed by atoms with Crippen LogP contribution in [0.15, 0.2) is 41.6 Å². The molecule has 0 atom stereocenters. The summed E-state index contributed by atoms with van der Waals surface area (Å²) in [7, 11) is 1.68. The van der Waals surface area contributed by atoms with Gasteiger partial charge in [-0.2, -0.15) is 0 Å². The van der Waals surface area contributed by atoms with Crippen molar-refractivity contribution in [3.8, 4) is 0 Å². The number of halogens is 2. The Kier molecular flexibility index (Phi) is 5.91. The number of oxime groups is 1. The summed E-state index contributed by atoms with van der Waals surface area (Å²) in [5.74, 6) is -0.510. The van der Waals surface area contributed by atoms with Crippen molar-refractivity contribution >= 4 is 35.1 Å². The van der Waals surface area contributed by atoms with E-state index >= 15 is 0 Å². The molecule has 0 N–H and O–H groups in total. The summed E-state index contributed by atoms with van der Waals surface area (Å²) in [6, 6.07) is 9.46. The van der Waals surface area contributed by atoms with Gasteiger partial charge in [0.25, 0.3) is 5.91 Å². The number of nitrogens with zero attached hydrogens (tertiary/aromatic N) is 2. The van der Waals surface area contributed by atoms with Crippen LogP contribution in [-0.4, -0.2) is 30.7 Å². The summed E-state index contributed by atoms with van der Waals surface area (Å²) in [5, 5.41) is 3.69. The highest BCUT2D eigenvalue weighted by Gasteiger charge is 2.10. The van der Waals surface area contributed by atoms with Gasteiger partial charge in [0.1, 0.15) is 5.82 Å². The van der Waals surface area contributed by atoms with Crippen LogP contribution in [0.1, 0.15) is 10.4 Å². The Labute approximate surface area is 136 Å². The Bertz CT molecular complexity index is 658. The van der Waals surface area contributed by atoms with E-state index in [-0.39, 0.29) is 18.3 Å².